The largest absolute Gasteiger partial charge is 0.480 e. The van der Waals surface area contributed by atoms with E-state index in [2.05, 4.69) is 22.5 Å². The fraction of sp³-hybridized carbons (Fsp3) is 0.500. The van der Waals surface area contributed by atoms with Crippen LogP contribution in [0.4, 0.5) is 5.82 Å². The molecule has 0 saturated carbocycles. The molecular weight excluding hydrogens is 430 g/mol. The standard InChI is InChI=1S/C26H33N5O3/c1-30-23-19(16-28-30)6-4-9-22(23)24(26(32)33)31-14-12-21(17-31)34-15-3-2-8-20-11-10-18-7-5-13-27-25(18)29-20/h4,6,9-11,16,21,24H,2-3,5,7-8,12-15,17H2,1H3,(H,27,29)(H,32,33). The number of benzene rings is 1. The Morgan fingerprint density at radius 1 is 1.29 bits per heavy atom. The van der Waals surface area contributed by atoms with Crippen LogP contribution < -0.4 is 5.32 Å². The van der Waals surface area contributed by atoms with E-state index < -0.39 is 12.0 Å². The van der Waals surface area contributed by atoms with Crippen molar-refractivity contribution in [3.05, 3.63) is 53.3 Å². The van der Waals surface area contributed by atoms with E-state index in [9.17, 15) is 9.90 Å². The Morgan fingerprint density at radius 2 is 2.21 bits per heavy atom. The van der Waals surface area contributed by atoms with Gasteiger partial charge in [0.2, 0.25) is 0 Å². The molecule has 0 amide bonds. The van der Waals surface area contributed by atoms with Crippen LogP contribution in [-0.4, -0.2) is 63.1 Å². The number of carbonyl (C=O) groups is 1. The van der Waals surface area contributed by atoms with E-state index in [1.807, 2.05) is 30.1 Å². The van der Waals surface area contributed by atoms with E-state index in [0.29, 0.717) is 19.7 Å². The maximum Gasteiger partial charge on any atom is 0.325 e. The van der Waals surface area contributed by atoms with Gasteiger partial charge < -0.3 is 15.2 Å². The number of rotatable bonds is 9. The Bertz CT molecular complexity index is 1160. The zero-order valence-electron chi connectivity index (χ0n) is 19.7. The average molecular weight is 464 g/mol. The third-order valence-corrected chi connectivity index (χ3v) is 6.99. The summed E-state index contributed by atoms with van der Waals surface area (Å²) in [5.74, 6) is 0.224. The quantitative estimate of drug-likeness (QED) is 0.469. The molecule has 0 radical (unpaired) electrons. The van der Waals surface area contributed by atoms with Gasteiger partial charge in [-0.05, 0) is 50.2 Å². The minimum absolute atomic E-state index is 0.0682. The molecule has 2 atom stereocenters. The molecule has 0 spiro atoms. The number of nitrogens with zero attached hydrogens (tertiary/aromatic N) is 4. The fourth-order valence-corrected chi connectivity index (χ4v) is 5.26. The van der Waals surface area contributed by atoms with Gasteiger partial charge in [0, 0.05) is 49.9 Å². The molecule has 5 rings (SSSR count). The molecule has 8 heteroatoms. The van der Waals surface area contributed by atoms with Crippen molar-refractivity contribution in [1.29, 1.82) is 0 Å². The maximum absolute atomic E-state index is 12.3. The third kappa shape index (κ3) is 4.79. The summed E-state index contributed by atoms with van der Waals surface area (Å²) in [5, 5.41) is 18.7. The molecular formula is C26H33N5O3. The first-order valence-electron chi connectivity index (χ1n) is 12.3. The monoisotopic (exact) mass is 463 g/mol. The van der Waals surface area contributed by atoms with E-state index in [1.165, 1.54) is 12.0 Å². The lowest BCUT2D eigenvalue weighted by atomic mass is 10.0. The molecule has 1 aromatic carbocycles. The van der Waals surface area contributed by atoms with E-state index in [0.717, 1.165) is 66.6 Å². The maximum atomic E-state index is 12.3. The number of ether oxygens (including phenoxy) is 1. The molecule has 2 unspecified atom stereocenters. The number of para-hydroxylation sites is 1. The number of aryl methyl sites for hydroxylation is 3. The van der Waals surface area contributed by atoms with Gasteiger partial charge in [-0.1, -0.05) is 24.3 Å². The van der Waals surface area contributed by atoms with Crippen molar-refractivity contribution in [3.8, 4) is 0 Å². The van der Waals surface area contributed by atoms with Gasteiger partial charge >= 0.3 is 5.97 Å². The van der Waals surface area contributed by atoms with Gasteiger partial charge in [-0.15, -0.1) is 0 Å². The van der Waals surface area contributed by atoms with Crippen molar-refractivity contribution in [1.82, 2.24) is 19.7 Å². The highest BCUT2D eigenvalue weighted by atomic mass is 16.5. The van der Waals surface area contributed by atoms with E-state index in [4.69, 9.17) is 9.72 Å². The molecule has 1 saturated heterocycles. The molecule has 2 aliphatic heterocycles. The lowest BCUT2D eigenvalue weighted by Crippen LogP contribution is -2.33. The highest BCUT2D eigenvalue weighted by molar-refractivity contribution is 5.88. The number of nitrogens with one attached hydrogen (secondary N) is 1. The predicted molar refractivity (Wildman–Crippen MR) is 131 cm³/mol. The Morgan fingerprint density at radius 3 is 3.09 bits per heavy atom. The molecule has 4 heterocycles. The molecule has 0 aliphatic carbocycles. The molecule has 0 bridgehead atoms. The number of aromatic nitrogens is 3. The lowest BCUT2D eigenvalue weighted by molar-refractivity contribution is -0.143. The normalized spacial score (nSPS) is 19.1. The second kappa shape index (κ2) is 10.1. The summed E-state index contributed by atoms with van der Waals surface area (Å²) in [7, 11) is 1.86. The summed E-state index contributed by atoms with van der Waals surface area (Å²) in [6.07, 6.45) is 7.94. The number of likely N-dealkylation sites (tertiary alicyclic amines) is 1. The Kier molecular flexibility index (Phi) is 6.78. The van der Waals surface area contributed by atoms with E-state index in [1.54, 1.807) is 10.9 Å². The molecule has 2 aromatic heterocycles. The van der Waals surface area contributed by atoms with Crippen LogP contribution in [0.5, 0.6) is 0 Å². The summed E-state index contributed by atoms with van der Waals surface area (Å²) in [6.45, 7) is 3.04. The minimum atomic E-state index is -0.832. The van der Waals surface area contributed by atoms with Crippen LogP contribution in [0.15, 0.2) is 36.5 Å². The van der Waals surface area contributed by atoms with Gasteiger partial charge in [-0.2, -0.15) is 5.10 Å². The van der Waals surface area contributed by atoms with Crippen LogP contribution in [0, 0.1) is 0 Å². The summed E-state index contributed by atoms with van der Waals surface area (Å²) in [4.78, 5) is 19.1. The van der Waals surface area contributed by atoms with Gasteiger partial charge in [0.15, 0.2) is 0 Å². The van der Waals surface area contributed by atoms with Gasteiger partial charge in [0.25, 0.3) is 0 Å². The number of hydrogen-bond donors (Lipinski definition) is 2. The van der Waals surface area contributed by atoms with Crippen LogP contribution in [0.3, 0.4) is 0 Å². The van der Waals surface area contributed by atoms with E-state index in [-0.39, 0.29) is 6.10 Å². The van der Waals surface area contributed by atoms with Crippen molar-refractivity contribution in [2.24, 2.45) is 7.05 Å². The molecule has 3 aromatic rings. The average Bonchev–Trinajstić information content (AvgIpc) is 3.46. The topological polar surface area (TPSA) is 92.5 Å². The van der Waals surface area contributed by atoms with Gasteiger partial charge in [-0.3, -0.25) is 14.4 Å². The summed E-state index contributed by atoms with van der Waals surface area (Å²) < 4.78 is 7.90. The number of fused-ring (bicyclic) bond motifs is 2. The second-order valence-electron chi connectivity index (χ2n) is 9.37. The summed E-state index contributed by atoms with van der Waals surface area (Å²) in [6, 6.07) is 9.44. The van der Waals surface area contributed by atoms with Crippen molar-refractivity contribution in [2.45, 2.75) is 50.7 Å². The summed E-state index contributed by atoms with van der Waals surface area (Å²) in [5.41, 5.74) is 4.13. The number of unbranched alkanes of at least 4 members (excludes halogenated alkanes) is 1. The number of aliphatic carboxylic acids is 1. The Balaban J connectivity index is 1.12. The van der Waals surface area contributed by atoms with Crippen molar-refractivity contribution >= 4 is 22.7 Å². The minimum Gasteiger partial charge on any atom is -0.480 e. The van der Waals surface area contributed by atoms with Crippen LogP contribution >= 0.6 is 0 Å². The molecule has 34 heavy (non-hydrogen) atoms. The zero-order chi connectivity index (χ0) is 23.5. The number of anilines is 1. The molecule has 8 nitrogen and oxygen atoms in total. The molecule has 2 N–H and O–H groups in total. The smallest absolute Gasteiger partial charge is 0.325 e. The second-order valence-corrected chi connectivity index (χ2v) is 9.37. The van der Waals surface area contributed by atoms with Crippen molar-refractivity contribution in [2.75, 3.05) is 31.6 Å². The van der Waals surface area contributed by atoms with Gasteiger partial charge in [0.05, 0.1) is 17.8 Å². The van der Waals surface area contributed by atoms with Crippen LogP contribution in [0.2, 0.25) is 0 Å². The first-order valence-corrected chi connectivity index (χ1v) is 12.3. The van der Waals surface area contributed by atoms with Crippen LogP contribution in [0.1, 0.15) is 48.5 Å². The van der Waals surface area contributed by atoms with E-state index >= 15 is 0 Å². The number of pyridine rings is 1. The highest BCUT2D eigenvalue weighted by Gasteiger charge is 2.35. The first-order chi connectivity index (χ1) is 16.6. The SMILES string of the molecule is Cn1ncc2cccc(C(C(=O)O)N3CCC(OCCCCc4ccc5c(n4)NCCC5)C3)c21. The first kappa shape index (κ1) is 22.8. The Labute approximate surface area is 199 Å². The number of carboxylic acids is 1. The fourth-order valence-electron chi connectivity index (χ4n) is 5.26. The zero-order valence-corrected chi connectivity index (χ0v) is 19.7. The van der Waals surface area contributed by atoms with Gasteiger partial charge in [-0.25, -0.2) is 4.98 Å². The van der Waals surface area contributed by atoms with Gasteiger partial charge in [0.1, 0.15) is 11.9 Å². The third-order valence-electron chi connectivity index (χ3n) is 6.99. The van der Waals surface area contributed by atoms with Crippen LogP contribution in [0.25, 0.3) is 10.9 Å². The molecule has 1 fully saturated rings. The van der Waals surface area contributed by atoms with Crippen molar-refractivity contribution in [3.63, 3.8) is 0 Å². The lowest BCUT2D eigenvalue weighted by Gasteiger charge is -2.25. The number of carboxylic acid groups (broad SMARTS) is 1. The Hall–Kier alpha value is -2.97. The molecule has 180 valence electrons. The summed E-state index contributed by atoms with van der Waals surface area (Å²) >= 11 is 0. The van der Waals surface area contributed by atoms with Crippen LogP contribution in [-0.2, 0) is 29.4 Å². The van der Waals surface area contributed by atoms with Crippen molar-refractivity contribution < 1.29 is 14.6 Å². The molecule has 2 aliphatic rings. The highest BCUT2D eigenvalue weighted by Crippen LogP contribution is 2.31. The number of hydrogen-bond acceptors (Lipinski definition) is 6. The predicted octanol–water partition coefficient (Wildman–Crippen LogP) is 3.57.